The number of benzene rings is 1. The maximum absolute atomic E-state index is 13.8. The van der Waals surface area contributed by atoms with Crippen LogP contribution in [0.4, 0.5) is 22.0 Å². The van der Waals surface area contributed by atoms with E-state index < -0.39 is 23.7 Å². The van der Waals surface area contributed by atoms with Crippen LogP contribution in [0.1, 0.15) is 56.9 Å². The molecule has 6 heteroatoms. The van der Waals surface area contributed by atoms with Crippen LogP contribution in [0.15, 0.2) is 24.3 Å². The van der Waals surface area contributed by atoms with E-state index in [9.17, 15) is 22.0 Å². The van der Waals surface area contributed by atoms with E-state index in [1.807, 2.05) is 13.0 Å². The standard InChI is InChI=1S/C18H21F5O/c1-2-3-4-5-12-6-8-13(9-7-12)14-10-15(19)17(16(20)11-14)24-18(21,22)23/h2-3,10-13H,4-9H2,1H3/b3-2+. The lowest BCUT2D eigenvalue weighted by Crippen LogP contribution is -2.19. The maximum Gasteiger partial charge on any atom is 0.573 e. The second-order valence-corrected chi connectivity index (χ2v) is 6.23. The summed E-state index contributed by atoms with van der Waals surface area (Å²) >= 11 is 0. The average Bonchev–Trinajstić information content (AvgIpc) is 2.51. The zero-order valence-electron chi connectivity index (χ0n) is 13.5. The molecule has 0 aromatic heterocycles. The molecule has 134 valence electrons. The molecule has 0 heterocycles. The molecule has 1 saturated carbocycles. The van der Waals surface area contributed by atoms with Crippen molar-refractivity contribution in [3.05, 3.63) is 41.5 Å². The van der Waals surface area contributed by atoms with Gasteiger partial charge in [0.2, 0.25) is 5.75 Å². The summed E-state index contributed by atoms with van der Waals surface area (Å²) in [5.74, 6) is -3.42. The quantitative estimate of drug-likeness (QED) is 0.436. The third-order valence-electron chi connectivity index (χ3n) is 4.53. The number of hydrogen-bond acceptors (Lipinski definition) is 1. The van der Waals surface area contributed by atoms with Crippen molar-refractivity contribution in [2.24, 2.45) is 5.92 Å². The van der Waals surface area contributed by atoms with Crippen LogP contribution in [0.5, 0.6) is 5.75 Å². The molecule has 0 amide bonds. The number of halogens is 5. The molecular formula is C18H21F5O. The highest BCUT2D eigenvalue weighted by Gasteiger charge is 2.34. The summed E-state index contributed by atoms with van der Waals surface area (Å²) in [6.45, 7) is 1.98. The largest absolute Gasteiger partial charge is 0.573 e. The Labute approximate surface area is 138 Å². The fourth-order valence-electron chi connectivity index (χ4n) is 3.31. The molecule has 1 aliphatic rings. The van der Waals surface area contributed by atoms with Crippen molar-refractivity contribution in [1.82, 2.24) is 0 Å². The van der Waals surface area contributed by atoms with Gasteiger partial charge in [-0.2, -0.15) is 0 Å². The molecule has 0 radical (unpaired) electrons. The lowest BCUT2D eigenvalue weighted by Gasteiger charge is -2.29. The SMILES string of the molecule is C/C=C/CCC1CCC(c2cc(F)c(OC(F)(F)F)c(F)c2)CC1. The molecule has 0 bridgehead atoms. The first-order valence-corrected chi connectivity index (χ1v) is 8.16. The summed E-state index contributed by atoms with van der Waals surface area (Å²) in [7, 11) is 0. The van der Waals surface area contributed by atoms with Crippen molar-refractivity contribution >= 4 is 0 Å². The number of rotatable bonds is 5. The van der Waals surface area contributed by atoms with E-state index in [0.717, 1.165) is 50.7 Å². The summed E-state index contributed by atoms with van der Waals surface area (Å²) in [6.07, 6.45) is 4.65. The Hall–Kier alpha value is -1.59. The molecule has 1 aliphatic carbocycles. The van der Waals surface area contributed by atoms with Gasteiger partial charge in [-0.05, 0) is 75.0 Å². The molecule has 0 aliphatic heterocycles. The highest BCUT2D eigenvalue weighted by Crippen LogP contribution is 2.39. The average molecular weight is 348 g/mol. The summed E-state index contributed by atoms with van der Waals surface area (Å²) in [5.41, 5.74) is 0.409. The van der Waals surface area contributed by atoms with E-state index in [1.54, 1.807) is 0 Å². The third-order valence-corrected chi connectivity index (χ3v) is 4.53. The van der Waals surface area contributed by atoms with Crippen molar-refractivity contribution in [2.45, 2.75) is 57.7 Å². The molecule has 0 spiro atoms. The summed E-state index contributed by atoms with van der Waals surface area (Å²) < 4.78 is 67.5. The van der Waals surface area contributed by atoms with Gasteiger partial charge in [-0.3, -0.25) is 0 Å². The third kappa shape index (κ3) is 5.21. The predicted molar refractivity (Wildman–Crippen MR) is 81.8 cm³/mol. The molecule has 1 aromatic rings. The molecule has 0 N–H and O–H groups in total. The summed E-state index contributed by atoms with van der Waals surface area (Å²) in [6, 6.07) is 1.93. The highest BCUT2D eigenvalue weighted by atomic mass is 19.4. The van der Waals surface area contributed by atoms with Crippen molar-refractivity contribution in [3.8, 4) is 5.75 Å². The molecule has 0 unspecified atom stereocenters. The van der Waals surface area contributed by atoms with Gasteiger partial charge in [0.25, 0.3) is 0 Å². The number of allylic oxidation sites excluding steroid dienone is 2. The van der Waals surface area contributed by atoms with Crippen LogP contribution in [0.2, 0.25) is 0 Å². The number of hydrogen-bond donors (Lipinski definition) is 0. The van der Waals surface area contributed by atoms with Crippen LogP contribution in [0, 0.1) is 17.6 Å². The van der Waals surface area contributed by atoms with Gasteiger partial charge in [-0.1, -0.05) is 12.2 Å². The molecule has 0 saturated heterocycles. The monoisotopic (exact) mass is 348 g/mol. The predicted octanol–water partition coefficient (Wildman–Crippen LogP) is 6.49. The lowest BCUT2D eigenvalue weighted by atomic mass is 9.77. The first-order valence-electron chi connectivity index (χ1n) is 8.16. The van der Waals surface area contributed by atoms with Crippen LogP contribution in [0.25, 0.3) is 0 Å². The van der Waals surface area contributed by atoms with Gasteiger partial charge in [-0.15, -0.1) is 13.2 Å². The van der Waals surface area contributed by atoms with Crippen molar-refractivity contribution < 1.29 is 26.7 Å². The fraction of sp³-hybridized carbons (Fsp3) is 0.556. The smallest absolute Gasteiger partial charge is 0.399 e. The molecule has 2 rings (SSSR count). The zero-order chi connectivity index (χ0) is 17.7. The van der Waals surface area contributed by atoms with Crippen molar-refractivity contribution in [2.75, 3.05) is 0 Å². The van der Waals surface area contributed by atoms with Gasteiger partial charge >= 0.3 is 6.36 Å². The van der Waals surface area contributed by atoms with Crippen LogP contribution in [-0.4, -0.2) is 6.36 Å². The van der Waals surface area contributed by atoms with Crippen LogP contribution >= 0.6 is 0 Å². The van der Waals surface area contributed by atoms with Gasteiger partial charge in [0.15, 0.2) is 11.6 Å². The Morgan fingerprint density at radius 2 is 1.67 bits per heavy atom. The summed E-state index contributed by atoms with van der Waals surface area (Å²) in [4.78, 5) is 0. The summed E-state index contributed by atoms with van der Waals surface area (Å²) in [5, 5.41) is 0. The van der Waals surface area contributed by atoms with E-state index >= 15 is 0 Å². The second kappa shape index (κ2) is 7.99. The molecule has 1 nitrogen and oxygen atoms in total. The van der Waals surface area contributed by atoms with E-state index in [0.29, 0.717) is 11.5 Å². The van der Waals surface area contributed by atoms with Crippen LogP contribution < -0.4 is 4.74 Å². The Bertz CT molecular complexity index is 548. The Morgan fingerprint density at radius 3 is 2.17 bits per heavy atom. The fourth-order valence-corrected chi connectivity index (χ4v) is 3.31. The van der Waals surface area contributed by atoms with E-state index in [2.05, 4.69) is 10.8 Å². The van der Waals surface area contributed by atoms with Crippen molar-refractivity contribution in [3.63, 3.8) is 0 Å². The van der Waals surface area contributed by atoms with Crippen LogP contribution in [-0.2, 0) is 0 Å². The van der Waals surface area contributed by atoms with E-state index in [-0.39, 0.29) is 5.92 Å². The number of alkyl halides is 3. The Kier molecular flexibility index (Phi) is 6.24. The Balaban J connectivity index is 2.01. The lowest BCUT2D eigenvalue weighted by molar-refractivity contribution is -0.276. The number of ether oxygens (including phenoxy) is 1. The second-order valence-electron chi connectivity index (χ2n) is 6.23. The van der Waals surface area contributed by atoms with Gasteiger partial charge in [0.05, 0.1) is 0 Å². The van der Waals surface area contributed by atoms with E-state index in [4.69, 9.17) is 0 Å². The minimum atomic E-state index is -5.12. The van der Waals surface area contributed by atoms with Crippen molar-refractivity contribution in [1.29, 1.82) is 0 Å². The molecular weight excluding hydrogens is 327 g/mol. The van der Waals surface area contributed by atoms with Crippen LogP contribution in [0.3, 0.4) is 0 Å². The minimum absolute atomic E-state index is 0.0214. The van der Waals surface area contributed by atoms with Gasteiger partial charge in [0.1, 0.15) is 0 Å². The topological polar surface area (TPSA) is 9.23 Å². The zero-order valence-corrected chi connectivity index (χ0v) is 13.5. The first kappa shape index (κ1) is 18.7. The van der Waals surface area contributed by atoms with Gasteiger partial charge in [-0.25, -0.2) is 8.78 Å². The first-order chi connectivity index (χ1) is 11.3. The molecule has 24 heavy (non-hydrogen) atoms. The molecule has 1 fully saturated rings. The minimum Gasteiger partial charge on any atom is -0.399 e. The molecule has 0 atom stereocenters. The maximum atomic E-state index is 13.8. The van der Waals surface area contributed by atoms with E-state index in [1.165, 1.54) is 0 Å². The van der Waals surface area contributed by atoms with Gasteiger partial charge < -0.3 is 4.74 Å². The Morgan fingerprint density at radius 1 is 1.08 bits per heavy atom. The van der Waals surface area contributed by atoms with Gasteiger partial charge in [0, 0.05) is 0 Å². The highest BCUT2D eigenvalue weighted by molar-refractivity contribution is 5.33. The normalized spacial score (nSPS) is 22.1. The molecule has 1 aromatic carbocycles.